The van der Waals surface area contributed by atoms with Gasteiger partial charge in [0.05, 0.1) is 6.10 Å². The highest BCUT2D eigenvalue weighted by Gasteiger charge is 2.51. The van der Waals surface area contributed by atoms with Gasteiger partial charge in [-0.1, -0.05) is 60.7 Å². The predicted molar refractivity (Wildman–Crippen MR) is 74.1 cm³/mol. The van der Waals surface area contributed by atoms with Crippen molar-refractivity contribution in [2.75, 3.05) is 0 Å². The van der Waals surface area contributed by atoms with Crippen LogP contribution >= 0.6 is 7.14 Å². The van der Waals surface area contributed by atoms with Crippen LogP contribution in [0, 0.1) is 0 Å². The minimum absolute atomic E-state index is 0.0799. The summed E-state index contributed by atoms with van der Waals surface area (Å²) < 4.78 is 19.0. The SMILES string of the molecule is CC1OC1P(=O)(c1ccccc1)c1ccccc1. The molecule has 0 aromatic heterocycles. The fourth-order valence-electron chi connectivity index (χ4n) is 2.30. The van der Waals surface area contributed by atoms with Crippen LogP contribution in [0.15, 0.2) is 60.7 Å². The van der Waals surface area contributed by atoms with E-state index < -0.39 is 7.14 Å². The molecule has 0 aliphatic carbocycles. The molecule has 2 unspecified atom stereocenters. The highest BCUT2D eigenvalue weighted by molar-refractivity contribution is 7.79. The molecule has 1 heterocycles. The summed E-state index contributed by atoms with van der Waals surface area (Å²) in [5.41, 5.74) is 0. The molecule has 1 aliphatic rings. The predicted octanol–water partition coefficient (Wildman–Crippen LogP) is 2.75. The molecule has 2 aromatic rings. The van der Waals surface area contributed by atoms with Crippen LogP contribution < -0.4 is 10.6 Å². The first-order valence-electron chi connectivity index (χ1n) is 6.09. The first-order valence-corrected chi connectivity index (χ1v) is 7.87. The first-order chi connectivity index (χ1) is 8.73. The molecular formula is C15H15O2P. The average Bonchev–Trinajstić information content (AvgIpc) is 3.17. The van der Waals surface area contributed by atoms with Crippen molar-refractivity contribution in [1.82, 2.24) is 0 Å². The Morgan fingerprint density at radius 1 is 0.889 bits per heavy atom. The second-order valence-electron chi connectivity index (χ2n) is 4.56. The van der Waals surface area contributed by atoms with Crippen LogP contribution in [0.25, 0.3) is 0 Å². The van der Waals surface area contributed by atoms with Crippen LogP contribution in [0.5, 0.6) is 0 Å². The average molecular weight is 258 g/mol. The van der Waals surface area contributed by atoms with Gasteiger partial charge in [-0.15, -0.1) is 0 Å². The van der Waals surface area contributed by atoms with Crippen molar-refractivity contribution >= 4 is 17.8 Å². The fourth-order valence-corrected chi connectivity index (χ4v) is 5.37. The maximum Gasteiger partial charge on any atom is 0.173 e. The fraction of sp³-hybridized carbons (Fsp3) is 0.200. The molecule has 92 valence electrons. The molecule has 1 fully saturated rings. The second kappa shape index (κ2) is 4.38. The molecule has 2 aromatic carbocycles. The van der Waals surface area contributed by atoms with Gasteiger partial charge in [-0.25, -0.2) is 0 Å². The summed E-state index contributed by atoms with van der Waals surface area (Å²) in [5.74, 6) is -0.165. The van der Waals surface area contributed by atoms with E-state index in [1.165, 1.54) is 0 Å². The van der Waals surface area contributed by atoms with Gasteiger partial charge in [0.2, 0.25) is 0 Å². The number of epoxide rings is 1. The molecule has 0 amide bonds. The summed E-state index contributed by atoms with van der Waals surface area (Å²) in [6.07, 6.45) is 0.0799. The second-order valence-corrected chi connectivity index (χ2v) is 7.42. The molecule has 2 atom stereocenters. The molecule has 1 aliphatic heterocycles. The minimum Gasteiger partial charge on any atom is -0.361 e. The van der Waals surface area contributed by atoms with E-state index in [4.69, 9.17) is 4.74 Å². The molecule has 0 N–H and O–H groups in total. The van der Waals surface area contributed by atoms with Crippen LogP contribution in [0.2, 0.25) is 0 Å². The molecule has 18 heavy (non-hydrogen) atoms. The monoisotopic (exact) mass is 258 g/mol. The summed E-state index contributed by atoms with van der Waals surface area (Å²) >= 11 is 0. The van der Waals surface area contributed by atoms with Gasteiger partial charge < -0.3 is 9.30 Å². The van der Waals surface area contributed by atoms with Crippen LogP contribution in [-0.4, -0.2) is 11.9 Å². The van der Waals surface area contributed by atoms with Crippen molar-refractivity contribution in [3.63, 3.8) is 0 Å². The normalized spacial score (nSPS) is 22.7. The zero-order valence-electron chi connectivity index (χ0n) is 10.2. The van der Waals surface area contributed by atoms with E-state index in [0.29, 0.717) is 0 Å². The van der Waals surface area contributed by atoms with Crippen LogP contribution in [-0.2, 0) is 9.30 Å². The van der Waals surface area contributed by atoms with Gasteiger partial charge >= 0.3 is 0 Å². The third-order valence-corrected chi connectivity index (χ3v) is 6.71. The third kappa shape index (κ3) is 1.82. The molecule has 0 spiro atoms. The van der Waals surface area contributed by atoms with Gasteiger partial charge in [0.1, 0.15) is 5.85 Å². The summed E-state index contributed by atoms with van der Waals surface area (Å²) in [4.78, 5) is 0. The van der Waals surface area contributed by atoms with Gasteiger partial charge in [0.15, 0.2) is 7.14 Å². The Hall–Kier alpha value is -1.37. The summed E-state index contributed by atoms with van der Waals surface area (Å²) in [6, 6.07) is 19.3. The number of hydrogen-bond donors (Lipinski definition) is 0. The lowest BCUT2D eigenvalue weighted by atomic mass is 10.4. The van der Waals surface area contributed by atoms with Crippen molar-refractivity contribution in [3.8, 4) is 0 Å². The van der Waals surface area contributed by atoms with E-state index in [1.807, 2.05) is 67.6 Å². The van der Waals surface area contributed by atoms with Gasteiger partial charge in [-0.2, -0.15) is 0 Å². The molecule has 0 radical (unpaired) electrons. The van der Waals surface area contributed by atoms with E-state index in [0.717, 1.165) is 10.6 Å². The van der Waals surface area contributed by atoms with Crippen LogP contribution in [0.4, 0.5) is 0 Å². The minimum atomic E-state index is -2.66. The van der Waals surface area contributed by atoms with Crippen molar-refractivity contribution < 1.29 is 9.30 Å². The smallest absolute Gasteiger partial charge is 0.173 e. The topological polar surface area (TPSA) is 29.6 Å². The van der Waals surface area contributed by atoms with E-state index in [2.05, 4.69) is 0 Å². The lowest BCUT2D eigenvalue weighted by molar-refractivity contribution is 0.407. The van der Waals surface area contributed by atoms with Crippen molar-refractivity contribution in [2.45, 2.75) is 18.9 Å². The van der Waals surface area contributed by atoms with Gasteiger partial charge in [0, 0.05) is 10.6 Å². The Morgan fingerprint density at radius 2 is 1.28 bits per heavy atom. The summed E-state index contributed by atoms with van der Waals surface area (Å²) in [6.45, 7) is 1.98. The summed E-state index contributed by atoms with van der Waals surface area (Å²) in [7, 11) is -2.66. The highest BCUT2D eigenvalue weighted by atomic mass is 31.2. The molecule has 1 saturated heterocycles. The van der Waals surface area contributed by atoms with E-state index >= 15 is 0 Å². The van der Waals surface area contributed by atoms with E-state index in [-0.39, 0.29) is 11.9 Å². The molecule has 0 saturated carbocycles. The standard InChI is InChI=1S/C15H15O2P/c1-12-15(17-12)18(16,13-8-4-2-5-9-13)14-10-6-3-7-11-14/h2-12,15H,1H3. The van der Waals surface area contributed by atoms with Gasteiger partial charge in [-0.05, 0) is 6.92 Å². The molecule has 3 rings (SSSR count). The van der Waals surface area contributed by atoms with Crippen molar-refractivity contribution in [3.05, 3.63) is 60.7 Å². The van der Waals surface area contributed by atoms with Crippen LogP contribution in [0.1, 0.15) is 6.92 Å². The third-order valence-electron chi connectivity index (χ3n) is 3.32. The maximum absolute atomic E-state index is 13.5. The van der Waals surface area contributed by atoms with Crippen molar-refractivity contribution in [1.29, 1.82) is 0 Å². The molecular weight excluding hydrogens is 243 g/mol. The van der Waals surface area contributed by atoms with Crippen molar-refractivity contribution in [2.24, 2.45) is 0 Å². The maximum atomic E-state index is 13.5. The largest absolute Gasteiger partial charge is 0.361 e. The lowest BCUT2D eigenvalue weighted by Crippen LogP contribution is -2.20. The number of rotatable bonds is 3. The van der Waals surface area contributed by atoms with Crippen LogP contribution in [0.3, 0.4) is 0 Å². The number of hydrogen-bond acceptors (Lipinski definition) is 2. The summed E-state index contributed by atoms with van der Waals surface area (Å²) in [5, 5.41) is 1.76. The number of benzene rings is 2. The van der Waals surface area contributed by atoms with E-state index in [1.54, 1.807) is 0 Å². The Kier molecular flexibility index (Phi) is 2.85. The molecule has 2 nitrogen and oxygen atoms in total. The Labute approximate surface area is 107 Å². The molecule has 3 heteroatoms. The Morgan fingerprint density at radius 3 is 1.61 bits per heavy atom. The van der Waals surface area contributed by atoms with Gasteiger partial charge in [-0.3, -0.25) is 0 Å². The first kappa shape index (κ1) is 11.7. The Balaban J connectivity index is 2.14. The van der Waals surface area contributed by atoms with Gasteiger partial charge in [0.25, 0.3) is 0 Å². The molecule has 0 bridgehead atoms. The van der Waals surface area contributed by atoms with E-state index in [9.17, 15) is 4.57 Å². The Bertz CT molecular complexity index is 536. The number of ether oxygens (including phenoxy) is 1. The lowest BCUT2D eigenvalue weighted by Gasteiger charge is -2.17. The zero-order valence-corrected chi connectivity index (χ0v) is 11.1. The quantitative estimate of drug-likeness (QED) is 0.626. The highest BCUT2D eigenvalue weighted by Crippen LogP contribution is 2.57. The zero-order chi connectivity index (χ0) is 12.6.